The Balaban J connectivity index is 2.18. The highest BCUT2D eigenvalue weighted by atomic mass is 16.5. The van der Waals surface area contributed by atoms with Gasteiger partial charge >= 0.3 is 0 Å². The second-order valence-corrected chi connectivity index (χ2v) is 3.51. The van der Waals surface area contributed by atoms with Crippen molar-refractivity contribution in [3.05, 3.63) is 48.5 Å². The summed E-state index contributed by atoms with van der Waals surface area (Å²) in [4.78, 5) is 0. The van der Waals surface area contributed by atoms with Crippen LogP contribution in [-0.4, -0.2) is 14.2 Å². The van der Waals surface area contributed by atoms with Gasteiger partial charge in [0, 0.05) is 12.1 Å². The van der Waals surface area contributed by atoms with E-state index >= 15 is 0 Å². The molecule has 0 bridgehead atoms. The number of benzene rings is 2. The molecule has 0 fully saturated rings. The molecular formula is C14H14NO2. The summed E-state index contributed by atoms with van der Waals surface area (Å²) in [6.45, 7) is 0. The van der Waals surface area contributed by atoms with Gasteiger partial charge in [-0.05, 0) is 24.3 Å². The quantitative estimate of drug-likeness (QED) is 0.804. The van der Waals surface area contributed by atoms with E-state index in [0.717, 1.165) is 22.9 Å². The number of nitrogens with zero attached hydrogens (tertiary/aromatic N) is 1. The van der Waals surface area contributed by atoms with Crippen molar-refractivity contribution in [3.8, 4) is 11.5 Å². The molecule has 0 aromatic heterocycles. The molecule has 3 nitrogen and oxygen atoms in total. The number of hydrogen-bond donors (Lipinski definition) is 0. The third-order valence-corrected chi connectivity index (χ3v) is 2.36. The molecular weight excluding hydrogens is 214 g/mol. The molecule has 2 rings (SSSR count). The Morgan fingerprint density at radius 3 is 1.65 bits per heavy atom. The summed E-state index contributed by atoms with van der Waals surface area (Å²) in [5.74, 6) is 1.60. The Bertz CT molecular complexity index is 452. The van der Waals surface area contributed by atoms with Crippen LogP contribution in [0.2, 0.25) is 0 Å². The van der Waals surface area contributed by atoms with Crippen molar-refractivity contribution >= 4 is 11.4 Å². The molecule has 3 heteroatoms. The lowest BCUT2D eigenvalue weighted by Gasteiger charge is -2.06. The van der Waals surface area contributed by atoms with Gasteiger partial charge in [-0.2, -0.15) is 0 Å². The van der Waals surface area contributed by atoms with Crippen molar-refractivity contribution in [1.82, 2.24) is 5.32 Å². The van der Waals surface area contributed by atoms with E-state index < -0.39 is 0 Å². The first kappa shape index (κ1) is 11.3. The zero-order valence-electron chi connectivity index (χ0n) is 9.88. The van der Waals surface area contributed by atoms with E-state index in [1.54, 1.807) is 14.2 Å². The summed E-state index contributed by atoms with van der Waals surface area (Å²) < 4.78 is 10.3. The predicted octanol–water partition coefficient (Wildman–Crippen LogP) is 3.27. The summed E-state index contributed by atoms with van der Waals surface area (Å²) in [7, 11) is 3.29. The van der Waals surface area contributed by atoms with Gasteiger partial charge in [0.15, 0.2) is 0 Å². The lowest BCUT2D eigenvalue weighted by molar-refractivity contribution is 0.414. The second-order valence-electron chi connectivity index (χ2n) is 3.51. The van der Waals surface area contributed by atoms with Gasteiger partial charge in [-0.1, -0.05) is 12.1 Å². The van der Waals surface area contributed by atoms with E-state index in [2.05, 4.69) is 5.32 Å². The monoisotopic (exact) mass is 228 g/mol. The lowest BCUT2D eigenvalue weighted by Crippen LogP contribution is -1.91. The summed E-state index contributed by atoms with van der Waals surface area (Å²) in [6, 6.07) is 15.3. The molecule has 0 N–H and O–H groups in total. The van der Waals surface area contributed by atoms with Crippen LogP contribution < -0.4 is 14.8 Å². The highest BCUT2D eigenvalue weighted by molar-refractivity contribution is 5.53. The average molecular weight is 228 g/mol. The third kappa shape index (κ3) is 2.91. The van der Waals surface area contributed by atoms with Crippen LogP contribution in [0.5, 0.6) is 11.5 Å². The minimum atomic E-state index is 0.800. The van der Waals surface area contributed by atoms with Crippen molar-refractivity contribution in [2.75, 3.05) is 14.2 Å². The maximum Gasteiger partial charge on any atom is 0.121 e. The smallest absolute Gasteiger partial charge is 0.121 e. The first-order valence-corrected chi connectivity index (χ1v) is 5.31. The maximum atomic E-state index is 5.15. The van der Waals surface area contributed by atoms with Crippen LogP contribution in [0.1, 0.15) is 0 Å². The predicted molar refractivity (Wildman–Crippen MR) is 67.4 cm³/mol. The van der Waals surface area contributed by atoms with Gasteiger partial charge in [0.1, 0.15) is 11.5 Å². The fraction of sp³-hybridized carbons (Fsp3) is 0.143. The summed E-state index contributed by atoms with van der Waals surface area (Å²) >= 11 is 0. The van der Waals surface area contributed by atoms with Crippen LogP contribution in [0.4, 0.5) is 11.4 Å². The molecule has 1 radical (unpaired) electrons. The fourth-order valence-electron chi connectivity index (χ4n) is 1.51. The summed E-state index contributed by atoms with van der Waals surface area (Å²) in [6.07, 6.45) is 0. The molecule has 0 saturated heterocycles. The van der Waals surface area contributed by atoms with Gasteiger partial charge in [-0.15, -0.1) is 0 Å². The van der Waals surface area contributed by atoms with Gasteiger partial charge in [0.2, 0.25) is 0 Å². The SMILES string of the molecule is COc1cccc([N]c2cccc(OC)c2)c1. The van der Waals surface area contributed by atoms with Gasteiger partial charge in [0.25, 0.3) is 0 Å². The molecule has 17 heavy (non-hydrogen) atoms. The van der Waals surface area contributed by atoms with Gasteiger partial charge < -0.3 is 9.47 Å². The zero-order chi connectivity index (χ0) is 12.1. The van der Waals surface area contributed by atoms with Crippen molar-refractivity contribution in [1.29, 1.82) is 0 Å². The fourth-order valence-corrected chi connectivity index (χ4v) is 1.51. The lowest BCUT2D eigenvalue weighted by atomic mass is 10.2. The molecule has 2 aromatic carbocycles. The minimum Gasteiger partial charge on any atom is -0.497 e. The highest BCUT2D eigenvalue weighted by Crippen LogP contribution is 2.24. The number of ether oxygens (including phenoxy) is 2. The minimum absolute atomic E-state index is 0.800. The van der Waals surface area contributed by atoms with Crippen molar-refractivity contribution in [2.24, 2.45) is 0 Å². The first-order valence-electron chi connectivity index (χ1n) is 5.31. The van der Waals surface area contributed by atoms with Gasteiger partial charge in [0.05, 0.1) is 25.6 Å². The molecule has 0 spiro atoms. The Morgan fingerprint density at radius 1 is 0.765 bits per heavy atom. The third-order valence-electron chi connectivity index (χ3n) is 2.36. The molecule has 0 aliphatic rings. The second kappa shape index (κ2) is 5.25. The van der Waals surface area contributed by atoms with Crippen molar-refractivity contribution < 1.29 is 9.47 Å². The summed E-state index contributed by atoms with van der Waals surface area (Å²) in [5, 5.41) is 4.50. The van der Waals surface area contributed by atoms with Crippen molar-refractivity contribution in [2.45, 2.75) is 0 Å². The Hall–Kier alpha value is -2.16. The molecule has 0 saturated carbocycles. The van der Waals surface area contributed by atoms with E-state index in [4.69, 9.17) is 9.47 Å². The van der Waals surface area contributed by atoms with Crippen molar-refractivity contribution in [3.63, 3.8) is 0 Å². The molecule has 0 aliphatic carbocycles. The average Bonchev–Trinajstić information content (AvgIpc) is 2.39. The summed E-state index contributed by atoms with van der Waals surface area (Å²) in [5.41, 5.74) is 1.72. The Kier molecular flexibility index (Phi) is 3.50. The van der Waals surface area contributed by atoms with Crippen LogP contribution >= 0.6 is 0 Å². The molecule has 0 unspecified atom stereocenters. The molecule has 0 amide bonds. The van der Waals surface area contributed by atoms with Crippen LogP contribution in [-0.2, 0) is 0 Å². The highest BCUT2D eigenvalue weighted by Gasteiger charge is 2.00. The van der Waals surface area contributed by atoms with E-state index in [0.29, 0.717) is 0 Å². The van der Waals surface area contributed by atoms with E-state index in [1.807, 2.05) is 48.5 Å². The van der Waals surface area contributed by atoms with E-state index in [-0.39, 0.29) is 0 Å². The van der Waals surface area contributed by atoms with Crippen LogP contribution in [0.15, 0.2) is 48.5 Å². The van der Waals surface area contributed by atoms with Crippen LogP contribution in [0, 0.1) is 0 Å². The van der Waals surface area contributed by atoms with Crippen LogP contribution in [0.25, 0.3) is 0 Å². The Labute approximate surface area is 101 Å². The molecule has 0 atom stereocenters. The zero-order valence-corrected chi connectivity index (χ0v) is 9.88. The van der Waals surface area contributed by atoms with E-state index in [9.17, 15) is 0 Å². The van der Waals surface area contributed by atoms with Crippen LogP contribution in [0.3, 0.4) is 0 Å². The number of hydrogen-bond acceptors (Lipinski definition) is 2. The van der Waals surface area contributed by atoms with Gasteiger partial charge in [-0.3, -0.25) is 0 Å². The topological polar surface area (TPSA) is 32.6 Å². The first-order chi connectivity index (χ1) is 8.31. The maximum absolute atomic E-state index is 5.15. The molecule has 2 aromatic rings. The standard InChI is InChI=1S/C14H14NO2/c1-16-13-7-3-5-11(9-13)15-12-6-4-8-14(10-12)17-2/h3-10H,1-2H3. The largest absolute Gasteiger partial charge is 0.497 e. The van der Waals surface area contributed by atoms with E-state index in [1.165, 1.54) is 0 Å². The number of rotatable bonds is 4. The van der Waals surface area contributed by atoms with Gasteiger partial charge in [-0.25, -0.2) is 5.32 Å². The molecule has 0 heterocycles. The normalized spacial score (nSPS) is 9.76. The molecule has 87 valence electrons. The Morgan fingerprint density at radius 2 is 1.24 bits per heavy atom. The number of methoxy groups -OCH3 is 2. The molecule has 0 aliphatic heterocycles.